The van der Waals surface area contributed by atoms with Crippen molar-refractivity contribution in [2.75, 3.05) is 0 Å². The van der Waals surface area contributed by atoms with Crippen molar-refractivity contribution in [2.24, 2.45) is 0 Å². The van der Waals surface area contributed by atoms with Crippen LogP contribution in [-0.2, 0) is 0 Å². The maximum absolute atomic E-state index is 11.1. The van der Waals surface area contributed by atoms with E-state index in [-0.39, 0.29) is 0 Å². The Morgan fingerprint density at radius 2 is 1.79 bits per heavy atom. The minimum atomic E-state index is -0.790. The number of benzene rings is 2. The molecule has 0 amide bonds. The zero-order valence-electron chi connectivity index (χ0n) is 9.76. The standard InChI is InChI=1S/C14H10ClNO3/c15-10-4-1-8(2-5-10)13(17)9-3-6-11-12(7-9)19-14(18)16-11/h1-7,13,17H,(H,16,18). The van der Waals surface area contributed by atoms with Crippen LogP contribution in [-0.4, -0.2) is 10.1 Å². The third kappa shape index (κ3) is 2.28. The third-order valence-corrected chi connectivity index (χ3v) is 3.20. The Morgan fingerprint density at radius 3 is 2.53 bits per heavy atom. The minimum absolute atomic E-state index is 0.426. The number of aromatic amines is 1. The molecule has 19 heavy (non-hydrogen) atoms. The molecule has 0 saturated heterocycles. The second-order valence-corrected chi connectivity index (χ2v) is 4.66. The molecule has 1 atom stereocenters. The Hall–Kier alpha value is -2.04. The fourth-order valence-electron chi connectivity index (χ4n) is 1.97. The zero-order chi connectivity index (χ0) is 13.4. The Labute approximate surface area is 113 Å². The Morgan fingerprint density at radius 1 is 1.11 bits per heavy atom. The Kier molecular flexibility index (Phi) is 2.89. The number of fused-ring (bicyclic) bond motifs is 1. The van der Waals surface area contributed by atoms with Gasteiger partial charge in [-0.3, -0.25) is 4.98 Å². The lowest BCUT2D eigenvalue weighted by atomic mass is 10.0. The van der Waals surface area contributed by atoms with Crippen LogP contribution in [0, 0.1) is 0 Å². The quantitative estimate of drug-likeness (QED) is 0.756. The highest BCUT2D eigenvalue weighted by molar-refractivity contribution is 6.30. The van der Waals surface area contributed by atoms with E-state index in [1.807, 2.05) is 0 Å². The van der Waals surface area contributed by atoms with Crippen molar-refractivity contribution in [3.63, 3.8) is 0 Å². The van der Waals surface area contributed by atoms with Crippen LogP contribution in [0.3, 0.4) is 0 Å². The monoisotopic (exact) mass is 275 g/mol. The van der Waals surface area contributed by atoms with Crippen LogP contribution in [0.5, 0.6) is 0 Å². The second-order valence-electron chi connectivity index (χ2n) is 4.22. The third-order valence-electron chi connectivity index (χ3n) is 2.95. The van der Waals surface area contributed by atoms with Gasteiger partial charge in [-0.05, 0) is 35.4 Å². The highest BCUT2D eigenvalue weighted by Crippen LogP contribution is 2.25. The molecular weight excluding hydrogens is 266 g/mol. The maximum atomic E-state index is 11.1. The van der Waals surface area contributed by atoms with E-state index in [2.05, 4.69) is 4.98 Å². The average Bonchev–Trinajstić information content (AvgIpc) is 2.77. The number of hydrogen-bond acceptors (Lipinski definition) is 3. The number of aromatic nitrogens is 1. The molecule has 0 saturated carbocycles. The molecule has 5 heteroatoms. The fourth-order valence-corrected chi connectivity index (χ4v) is 2.10. The highest BCUT2D eigenvalue weighted by Gasteiger charge is 2.12. The summed E-state index contributed by atoms with van der Waals surface area (Å²) < 4.78 is 4.97. The second kappa shape index (κ2) is 4.57. The van der Waals surface area contributed by atoms with Gasteiger partial charge in [0.05, 0.1) is 5.52 Å². The summed E-state index contributed by atoms with van der Waals surface area (Å²) >= 11 is 5.81. The molecule has 4 nitrogen and oxygen atoms in total. The van der Waals surface area contributed by atoms with Crippen molar-refractivity contribution in [2.45, 2.75) is 6.10 Å². The van der Waals surface area contributed by atoms with Gasteiger partial charge in [0.1, 0.15) is 6.10 Å². The molecule has 96 valence electrons. The van der Waals surface area contributed by atoms with E-state index in [1.54, 1.807) is 42.5 Å². The van der Waals surface area contributed by atoms with Gasteiger partial charge in [0.2, 0.25) is 0 Å². The number of aliphatic hydroxyl groups excluding tert-OH is 1. The highest BCUT2D eigenvalue weighted by atomic mass is 35.5. The minimum Gasteiger partial charge on any atom is -0.408 e. The summed E-state index contributed by atoms with van der Waals surface area (Å²) in [6.07, 6.45) is -0.790. The Balaban J connectivity index is 2.03. The summed E-state index contributed by atoms with van der Waals surface area (Å²) in [5, 5.41) is 10.9. The molecule has 3 aromatic rings. The van der Waals surface area contributed by atoms with Gasteiger partial charge in [0.25, 0.3) is 0 Å². The van der Waals surface area contributed by atoms with E-state index in [4.69, 9.17) is 16.0 Å². The van der Waals surface area contributed by atoms with Crippen LogP contribution in [0.25, 0.3) is 11.1 Å². The number of halogens is 1. The van der Waals surface area contributed by atoms with E-state index in [1.165, 1.54) is 0 Å². The van der Waals surface area contributed by atoms with Gasteiger partial charge in [-0.15, -0.1) is 0 Å². The molecule has 2 N–H and O–H groups in total. The van der Waals surface area contributed by atoms with Crippen LogP contribution in [0.4, 0.5) is 0 Å². The van der Waals surface area contributed by atoms with Crippen molar-refractivity contribution in [3.8, 4) is 0 Å². The molecule has 0 aliphatic rings. The molecule has 0 spiro atoms. The summed E-state index contributed by atoms with van der Waals surface area (Å²) in [6.45, 7) is 0. The summed E-state index contributed by atoms with van der Waals surface area (Å²) in [6, 6.07) is 12.0. The zero-order valence-corrected chi connectivity index (χ0v) is 10.5. The van der Waals surface area contributed by atoms with E-state index >= 15 is 0 Å². The van der Waals surface area contributed by atoms with Crippen LogP contribution in [0.1, 0.15) is 17.2 Å². The van der Waals surface area contributed by atoms with Crippen LogP contribution in [0.15, 0.2) is 51.7 Å². The molecule has 2 aromatic carbocycles. The van der Waals surface area contributed by atoms with E-state index in [0.29, 0.717) is 21.7 Å². The molecule has 1 aromatic heterocycles. The van der Waals surface area contributed by atoms with Gasteiger partial charge < -0.3 is 9.52 Å². The van der Waals surface area contributed by atoms with E-state index in [9.17, 15) is 9.90 Å². The van der Waals surface area contributed by atoms with Crippen LogP contribution in [0.2, 0.25) is 5.02 Å². The Bertz CT molecular complexity index is 773. The molecule has 1 heterocycles. The topological polar surface area (TPSA) is 66.2 Å². The van der Waals surface area contributed by atoms with Gasteiger partial charge in [-0.2, -0.15) is 0 Å². The molecule has 0 radical (unpaired) electrons. The van der Waals surface area contributed by atoms with Gasteiger partial charge in [-0.25, -0.2) is 4.79 Å². The van der Waals surface area contributed by atoms with Crippen molar-refractivity contribution in [1.29, 1.82) is 0 Å². The molecule has 0 bridgehead atoms. The lowest BCUT2D eigenvalue weighted by Gasteiger charge is -2.11. The van der Waals surface area contributed by atoms with Gasteiger partial charge in [-0.1, -0.05) is 29.8 Å². The van der Waals surface area contributed by atoms with Gasteiger partial charge in [0, 0.05) is 5.02 Å². The molecule has 3 rings (SSSR count). The van der Waals surface area contributed by atoms with Crippen molar-refractivity contribution < 1.29 is 9.52 Å². The van der Waals surface area contributed by atoms with Crippen molar-refractivity contribution in [3.05, 3.63) is 69.2 Å². The molecule has 0 aliphatic heterocycles. The number of aliphatic hydroxyl groups is 1. The first-order valence-electron chi connectivity index (χ1n) is 5.70. The first kappa shape index (κ1) is 12.0. The van der Waals surface area contributed by atoms with Crippen molar-refractivity contribution >= 4 is 22.7 Å². The molecule has 0 aliphatic carbocycles. The first-order chi connectivity index (χ1) is 9.13. The van der Waals surface area contributed by atoms with E-state index in [0.717, 1.165) is 5.56 Å². The van der Waals surface area contributed by atoms with Gasteiger partial charge >= 0.3 is 5.76 Å². The number of nitrogens with one attached hydrogen (secondary N) is 1. The largest absolute Gasteiger partial charge is 0.417 e. The summed E-state index contributed by atoms with van der Waals surface area (Å²) in [4.78, 5) is 13.6. The predicted octanol–water partition coefficient (Wildman–Crippen LogP) is 2.86. The summed E-state index contributed by atoms with van der Waals surface area (Å²) in [5.74, 6) is -0.506. The maximum Gasteiger partial charge on any atom is 0.417 e. The van der Waals surface area contributed by atoms with Crippen molar-refractivity contribution in [1.82, 2.24) is 4.98 Å². The lowest BCUT2D eigenvalue weighted by Crippen LogP contribution is -1.98. The van der Waals surface area contributed by atoms with Gasteiger partial charge in [0.15, 0.2) is 5.58 Å². The normalized spacial score (nSPS) is 12.7. The van der Waals surface area contributed by atoms with Crippen LogP contribution < -0.4 is 5.76 Å². The number of rotatable bonds is 2. The van der Waals surface area contributed by atoms with Crippen LogP contribution >= 0.6 is 11.6 Å². The number of oxazole rings is 1. The average molecular weight is 276 g/mol. The SMILES string of the molecule is O=c1[nH]c2ccc(C(O)c3ccc(Cl)cc3)cc2o1. The summed E-state index contributed by atoms with van der Waals surface area (Å²) in [5.41, 5.74) is 2.41. The van der Waals surface area contributed by atoms with E-state index < -0.39 is 11.9 Å². The molecular formula is C14H10ClNO3. The lowest BCUT2D eigenvalue weighted by molar-refractivity contribution is 0.220. The molecule has 0 fully saturated rings. The smallest absolute Gasteiger partial charge is 0.408 e. The predicted molar refractivity (Wildman–Crippen MR) is 72.3 cm³/mol. The number of hydrogen-bond donors (Lipinski definition) is 2. The fraction of sp³-hybridized carbons (Fsp3) is 0.0714. The summed E-state index contributed by atoms with van der Waals surface area (Å²) in [7, 11) is 0. The number of H-pyrrole nitrogens is 1. The first-order valence-corrected chi connectivity index (χ1v) is 6.07. The molecule has 1 unspecified atom stereocenters.